The fourth-order valence-corrected chi connectivity index (χ4v) is 4.34. The molecule has 0 aromatic heterocycles. The molecule has 0 unspecified atom stereocenters. The maximum absolute atomic E-state index is 13.0. The number of halogens is 1. The van der Waals surface area contributed by atoms with Crippen molar-refractivity contribution in [2.24, 2.45) is 5.92 Å². The molecule has 0 atom stereocenters. The van der Waals surface area contributed by atoms with E-state index in [2.05, 4.69) is 16.2 Å². The quantitative estimate of drug-likeness (QED) is 0.461. The third-order valence-corrected chi connectivity index (χ3v) is 6.61. The molecule has 0 spiro atoms. The van der Waals surface area contributed by atoms with Crippen LogP contribution >= 0.6 is 0 Å². The second-order valence-corrected chi connectivity index (χ2v) is 8.76. The minimum absolute atomic E-state index is 0.00857. The van der Waals surface area contributed by atoms with Gasteiger partial charge in [0.15, 0.2) is 0 Å². The largest absolute Gasteiger partial charge is 0.345 e. The molecule has 1 aliphatic heterocycles. The number of benzene rings is 1. The highest BCUT2D eigenvalue weighted by atomic mass is 32.2. The zero-order valence-corrected chi connectivity index (χ0v) is 15.8. The maximum atomic E-state index is 13.0. The maximum Gasteiger partial charge on any atom is 0.327 e. The zero-order valence-electron chi connectivity index (χ0n) is 15.0. The van der Waals surface area contributed by atoms with E-state index in [-0.39, 0.29) is 36.9 Å². The van der Waals surface area contributed by atoms with Crippen LogP contribution in [0.3, 0.4) is 0 Å². The van der Waals surface area contributed by atoms with Gasteiger partial charge in [-0.05, 0) is 49.9 Å². The predicted octanol–water partition coefficient (Wildman–Crippen LogP) is -0.348. The third kappa shape index (κ3) is 4.84. The second kappa shape index (κ2) is 8.23. The van der Waals surface area contributed by atoms with E-state index >= 15 is 0 Å². The van der Waals surface area contributed by atoms with Crippen molar-refractivity contribution in [1.82, 2.24) is 20.5 Å². The van der Waals surface area contributed by atoms with Crippen LogP contribution in [0.1, 0.15) is 25.7 Å². The molecule has 1 aromatic carbocycles. The van der Waals surface area contributed by atoms with Gasteiger partial charge in [-0.1, -0.05) is 0 Å². The van der Waals surface area contributed by atoms with Crippen molar-refractivity contribution in [3.63, 3.8) is 0 Å². The summed E-state index contributed by atoms with van der Waals surface area (Å²) < 4.78 is 39.4. The van der Waals surface area contributed by atoms with E-state index in [1.807, 2.05) is 0 Å². The van der Waals surface area contributed by atoms with E-state index in [4.69, 9.17) is 0 Å². The van der Waals surface area contributed by atoms with Crippen molar-refractivity contribution >= 4 is 27.7 Å². The van der Waals surface area contributed by atoms with Gasteiger partial charge in [0.1, 0.15) is 5.82 Å². The van der Waals surface area contributed by atoms with Crippen molar-refractivity contribution < 1.29 is 27.2 Å². The summed E-state index contributed by atoms with van der Waals surface area (Å²) in [5.41, 5.74) is 4.28. The lowest BCUT2D eigenvalue weighted by Crippen LogP contribution is -2.51. The number of sulfonamides is 1. The van der Waals surface area contributed by atoms with Crippen LogP contribution < -0.4 is 16.2 Å². The van der Waals surface area contributed by atoms with Crippen molar-refractivity contribution in [3.8, 4) is 0 Å². The van der Waals surface area contributed by atoms with Crippen LogP contribution in [-0.4, -0.2) is 49.6 Å². The molecule has 0 radical (unpaired) electrons. The van der Waals surface area contributed by atoms with Gasteiger partial charge in [-0.15, -0.1) is 0 Å². The van der Waals surface area contributed by atoms with E-state index in [1.54, 1.807) is 0 Å². The van der Waals surface area contributed by atoms with Gasteiger partial charge < -0.3 is 5.32 Å². The van der Waals surface area contributed by atoms with E-state index in [1.165, 1.54) is 16.4 Å². The molecule has 11 heteroatoms. The summed E-state index contributed by atoms with van der Waals surface area (Å²) in [4.78, 5) is 35.3. The lowest BCUT2D eigenvalue weighted by molar-refractivity contribution is -0.141. The van der Waals surface area contributed by atoms with Gasteiger partial charge in [0, 0.05) is 25.0 Å². The highest BCUT2D eigenvalue weighted by molar-refractivity contribution is 7.89. The number of carbonyl (C=O) groups excluding carboxylic acids is 3. The molecular formula is C17H21FN4O5S. The van der Waals surface area contributed by atoms with Crippen molar-refractivity contribution in [2.45, 2.75) is 36.6 Å². The number of rotatable bonds is 4. The molecule has 28 heavy (non-hydrogen) atoms. The summed E-state index contributed by atoms with van der Waals surface area (Å²) in [7, 11) is -3.76. The number of piperidine rings is 1. The fourth-order valence-electron chi connectivity index (χ4n) is 2.87. The minimum atomic E-state index is -3.76. The summed E-state index contributed by atoms with van der Waals surface area (Å²) in [6.07, 6.45) is 2.20. The number of amides is 3. The third-order valence-electron chi connectivity index (χ3n) is 4.69. The fraction of sp³-hybridized carbons (Fsp3) is 0.471. The van der Waals surface area contributed by atoms with Crippen molar-refractivity contribution in [2.75, 3.05) is 13.1 Å². The minimum Gasteiger partial charge on any atom is -0.345 e. The molecule has 2 aliphatic rings. The Labute approximate surface area is 161 Å². The molecule has 3 rings (SSSR count). The average Bonchev–Trinajstić information content (AvgIpc) is 3.50. The first kappa shape index (κ1) is 20.2. The Bertz CT molecular complexity index is 862. The number of hydrogen-bond acceptors (Lipinski definition) is 5. The number of carbonyl (C=O) groups is 3. The van der Waals surface area contributed by atoms with E-state index in [0.29, 0.717) is 0 Å². The molecule has 1 aromatic rings. The van der Waals surface area contributed by atoms with Gasteiger partial charge in [0.2, 0.25) is 15.9 Å². The van der Waals surface area contributed by atoms with Gasteiger partial charge in [-0.2, -0.15) is 4.31 Å². The highest BCUT2D eigenvalue weighted by Crippen LogP contribution is 2.24. The summed E-state index contributed by atoms with van der Waals surface area (Å²) in [5, 5.41) is 2.50. The van der Waals surface area contributed by atoms with Gasteiger partial charge >= 0.3 is 11.8 Å². The molecule has 0 bridgehead atoms. The Morgan fingerprint density at radius 2 is 1.54 bits per heavy atom. The lowest BCUT2D eigenvalue weighted by atomic mass is 9.98. The summed E-state index contributed by atoms with van der Waals surface area (Å²) >= 11 is 0. The molecule has 1 saturated heterocycles. The zero-order chi connectivity index (χ0) is 20.3. The van der Waals surface area contributed by atoms with Crippen LogP contribution in [0.5, 0.6) is 0 Å². The Balaban J connectivity index is 1.47. The molecule has 3 N–H and O–H groups in total. The van der Waals surface area contributed by atoms with E-state index in [9.17, 15) is 27.2 Å². The van der Waals surface area contributed by atoms with Crippen LogP contribution in [0.4, 0.5) is 4.39 Å². The first-order chi connectivity index (χ1) is 13.3. The van der Waals surface area contributed by atoms with Crippen LogP contribution in [-0.2, 0) is 24.4 Å². The molecule has 2 fully saturated rings. The first-order valence-corrected chi connectivity index (χ1v) is 10.4. The van der Waals surface area contributed by atoms with Gasteiger partial charge in [0.05, 0.1) is 4.90 Å². The van der Waals surface area contributed by atoms with Crippen LogP contribution in [0.2, 0.25) is 0 Å². The van der Waals surface area contributed by atoms with Crippen LogP contribution in [0.25, 0.3) is 0 Å². The SMILES string of the molecule is O=C(NNC(=O)C1CCN(S(=O)(=O)c2ccc(F)cc2)CC1)C(=O)NC1CC1. The van der Waals surface area contributed by atoms with Crippen molar-refractivity contribution in [3.05, 3.63) is 30.1 Å². The molecule has 9 nitrogen and oxygen atoms in total. The number of hydrazine groups is 1. The number of nitrogens with zero attached hydrogens (tertiary/aromatic N) is 1. The Morgan fingerprint density at radius 3 is 2.11 bits per heavy atom. The number of hydrogen-bond donors (Lipinski definition) is 3. The molecule has 1 heterocycles. The Morgan fingerprint density at radius 1 is 0.929 bits per heavy atom. The molecule has 1 aliphatic carbocycles. The average molecular weight is 412 g/mol. The molecule has 1 saturated carbocycles. The van der Waals surface area contributed by atoms with Gasteiger partial charge in [-0.3, -0.25) is 25.2 Å². The molecular weight excluding hydrogens is 391 g/mol. The van der Waals surface area contributed by atoms with E-state index in [0.717, 1.165) is 25.0 Å². The van der Waals surface area contributed by atoms with Crippen molar-refractivity contribution in [1.29, 1.82) is 0 Å². The van der Waals surface area contributed by atoms with E-state index < -0.39 is 39.5 Å². The van der Waals surface area contributed by atoms with Gasteiger partial charge in [-0.25, -0.2) is 12.8 Å². The monoisotopic (exact) mass is 412 g/mol. The van der Waals surface area contributed by atoms with Crippen LogP contribution in [0.15, 0.2) is 29.2 Å². The Kier molecular flexibility index (Phi) is 5.94. The molecule has 152 valence electrons. The lowest BCUT2D eigenvalue weighted by Gasteiger charge is -2.30. The first-order valence-electron chi connectivity index (χ1n) is 8.94. The van der Waals surface area contributed by atoms with Gasteiger partial charge in [0.25, 0.3) is 0 Å². The van der Waals surface area contributed by atoms with Crippen LogP contribution in [0, 0.1) is 11.7 Å². The predicted molar refractivity (Wildman–Crippen MR) is 95.3 cm³/mol. The molecule has 3 amide bonds. The number of nitrogens with one attached hydrogen (secondary N) is 3. The summed E-state index contributed by atoms with van der Waals surface area (Å²) in [6.45, 7) is 0.238. The summed E-state index contributed by atoms with van der Waals surface area (Å²) in [6, 6.07) is 4.59. The normalized spacial score (nSPS) is 18.3. The Hall–Kier alpha value is -2.53. The highest BCUT2D eigenvalue weighted by Gasteiger charge is 2.32. The summed E-state index contributed by atoms with van der Waals surface area (Å²) in [5.74, 6) is -3.25. The standard InChI is InChI=1S/C17H21FN4O5S/c18-12-1-5-14(6-2-12)28(26,27)22-9-7-11(8-10-22)15(23)20-21-17(25)16(24)19-13-3-4-13/h1-2,5-6,11,13H,3-4,7-10H2,(H,19,24)(H,20,23)(H,21,25). The smallest absolute Gasteiger partial charge is 0.327 e. The second-order valence-electron chi connectivity index (χ2n) is 6.82. The topological polar surface area (TPSA) is 125 Å².